The average molecular weight is 271 g/mol. The number of rotatable bonds is 0. The van der Waals surface area contributed by atoms with Crippen molar-refractivity contribution in [3.05, 3.63) is 46.5 Å². The predicted octanol–water partition coefficient (Wildman–Crippen LogP) is 4.71. The van der Waals surface area contributed by atoms with Crippen molar-refractivity contribution < 1.29 is 4.74 Å². The van der Waals surface area contributed by atoms with Gasteiger partial charge in [0.1, 0.15) is 0 Å². The summed E-state index contributed by atoms with van der Waals surface area (Å²) < 4.78 is 6.83. The molecule has 1 unspecified atom stereocenters. The van der Waals surface area contributed by atoms with Gasteiger partial charge in [0.25, 0.3) is 0 Å². The topological polar surface area (TPSA) is 21.6 Å². The van der Waals surface area contributed by atoms with Gasteiger partial charge >= 0.3 is 0 Å². The van der Waals surface area contributed by atoms with Gasteiger partial charge in [0.05, 0.1) is 12.0 Å². The molecule has 2 aromatic rings. The molecule has 1 aliphatic heterocycles. The van der Waals surface area contributed by atoms with Crippen LogP contribution in [0, 0.1) is 0 Å². The first-order chi connectivity index (χ1) is 9.20. The van der Waals surface area contributed by atoms with Gasteiger partial charge in [0.2, 0.25) is 5.90 Å². The van der Waals surface area contributed by atoms with E-state index in [4.69, 9.17) is 4.74 Å². The monoisotopic (exact) mass is 271 g/mol. The van der Waals surface area contributed by atoms with Gasteiger partial charge in [0.15, 0.2) is 0 Å². The zero-order valence-electron chi connectivity index (χ0n) is 11.4. The first-order valence-electron chi connectivity index (χ1n) is 6.52. The van der Waals surface area contributed by atoms with Crippen LogP contribution in [0.3, 0.4) is 0 Å². The second kappa shape index (κ2) is 4.82. The van der Waals surface area contributed by atoms with Crippen LogP contribution in [0.25, 0.3) is 10.1 Å². The minimum absolute atomic E-state index is 0.488. The average Bonchev–Trinajstić information content (AvgIpc) is 2.79. The molecule has 1 atom stereocenters. The molecular weight excluding hydrogens is 254 g/mol. The number of aliphatic imine (C=N–C) groups is 1. The van der Waals surface area contributed by atoms with Gasteiger partial charge in [-0.15, -0.1) is 11.3 Å². The van der Waals surface area contributed by atoms with Crippen LogP contribution in [0.15, 0.2) is 41.0 Å². The summed E-state index contributed by atoms with van der Waals surface area (Å²) in [7, 11) is 1.70. The zero-order valence-corrected chi connectivity index (χ0v) is 12.3. The number of hydrogen-bond acceptors (Lipinski definition) is 3. The van der Waals surface area contributed by atoms with Gasteiger partial charge in [-0.1, -0.05) is 31.2 Å². The molecule has 3 heteroatoms. The molecule has 1 aromatic carbocycles. The third-order valence-electron chi connectivity index (χ3n) is 3.56. The van der Waals surface area contributed by atoms with Crippen LogP contribution < -0.4 is 0 Å². The van der Waals surface area contributed by atoms with E-state index < -0.39 is 0 Å². The van der Waals surface area contributed by atoms with E-state index in [0.29, 0.717) is 5.92 Å². The maximum Gasteiger partial charge on any atom is 0.231 e. The van der Waals surface area contributed by atoms with Crippen molar-refractivity contribution in [3.63, 3.8) is 0 Å². The Morgan fingerprint density at radius 2 is 2.11 bits per heavy atom. The molecule has 1 aromatic heterocycles. The zero-order chi connectivity index (χ0) is 13.4. The molecule has 0 saturated carbocycles. The Kier molecular flexibility index (Phi) is 3.15. The molecule has 0 fully saturated rings. The molecule has 0 N–H and O–H groups in total. The second-order valence-electron chi connectivity index (χ2n) is 4.94. The number of ether oxygens (including phenoxy) is 1. The summed E-state index contributed by atoms with van der Waals surface area (Å²) in [5.41, 5.74) is 2.41. The fourth-order valence-electron chi connectivity index (χ4n) is 2.57. The first-order valence-corrected chi connectivity index (χ1v) is 7.33. The highest BCUT2D eigenvalue weighted by Crippen LogP contribution is 2.39. The predicted molar refractivity (Wildman–Crippen MR) is 82.2 cm³/mol. The first kappa shape index (κ1) is 12.4. The summed E-state index contributed by atoms with van der Waals surface area (Å²) >= 11 is 1.78. The van der Waals surface area contributed by atoms with E-state index in [-0.39, 0.29) is 0 Å². The Morgan fingerprint density at radius 1 is 1.32 bits per heavy atom. The van der Waals surface area contributed by atoms with Crippen molar-refractivity contribution in [2.45, 2.75) is 26.2 Å². The fourth-order valence-corrected chi connectivity index (χ4v) is 3.87. The quantitative estimate of drug-likeness (QED) is 0.680. The molecule has 2 nitrogen and oxygen atoms in total. The minimum Gasteiger partial charge on any atom is -0.480 e. The van der Waals surface area contributed by atoms with E-state index in [2.05, 4.69) is 42.3 Å². The van der Waals surface area contributed by atoms with Crippen LogP contribution in [-0.2, 0) is 4.74 Å². The lowest BCUT2D eigenvalue weighted by Crippen LogP contribution is -2.08. The molecule has 0 saturated heterocycles. The van der Waals surface area contributed by atoms with Gasteiger partial charge in [-0.25, -0.2) is 4.99 Å². The SMILES string of the molecule is COC1=N/C(C)=C/CC(C)c2c1sc1ccccc21. The Bertz CT molecular complexity index is 681. The molecule has 0 aliphatic carbocycles. The minimum atomic E-state index is 0.488. The summed E-state index contributed by atoms with van der Waals surface area (Å²) in [6.07, 6.45) is 3.22. The van der Waals surface area contributed by atoms with Crippen LogP contribution >= 0.6 is 11.3 Å². The van der Waals surface area contributed by atoms with Crippen molar-refractivity contribution in [3.8, 4) is 0 Å². The molecule has 1 aliphatic rings. The number of benzene rings is 1. The number of fused-ring (bicyclic) bond motifs is 3. The number of nitrogens with zero attached hydrogens (tertiary/aromatic N) is 1. The summed E-state index contributed by atoms with van der Waals surface area (Å²) in [6, 6.07) is 8.56. The molecule has 0 amide bonds. The third kappa shape index (κ3) is 2.08. The molecule has 98 valence electrons. The lowest BCUT2D eigenvalue weighted by atomic mass is 9.93. The van der Waals surface area contributed by atoms with Gasteiger partial charge in [-0.05, 0) is 36.3 Å². The largest absolute Gasteiger partial charge is 0.480 e. The van der Waals surface area contributed by atoms with E-state index in [1.165, 1.54) is 20.5 Å². The summed E-state index contributed by atoms with van der Waals surface area (Å²) in [5, 5.41) is 1.34. The molecular formula is C16H17NOS. The highest BCUT2D eigenvalue weighted by molar-refractivity contribution is 7.21. The summed E-state index contributed by atoms with van der Waals surface area (Å²) in [5.74, 6) is 1.23. The third-order valence-corrected chi connectivity index (χ3v) is 4.73. The maximum atomic E-state index is 5.52. The maximum absolute atomic E-state index is 5.52. The molecule has 0 spiro atoms. The normalized spacial score (nSPS) is 21.9. The van der Waals surface area contributed by atoms with E-state index in [9.17, 15) is 0 Å². The van der Waals surface area contributed by atoms with Crippen molar-refractivity contribution in [1.29, 1.82) is 0 Å². The van der Waals surface area contributed by atoms with Crippen molar-refractivity contribution in [1.82, 2.24) is 0 Å². The van der Waals surface area contributed by atoms with Gasteiger partial charge in [0, 0.05) is 10.4 Å². The van der Waals surface area contributed by atoms with E-state index in [1.807, 2.05) is 6.92 Å². The van der Waals surface area contributed by atoms with E-state index >= 15 is 0 Å². The van der Waals surface area contributed by atoms with Crippen LogP contribution in [0.4, 0.5) is 0 Å². The number of methoxy groups -OCH3 is 1. The Morgan fingerprint density at radius 3 is 2.89 bits per heavy atom. The van der Waals surface area contributed by atoms with Crippen LogP contribution in [0.2, 0.25) is 0 Å². The highest BCUT2D eigenvalue weighted by Gasteiger charge is 2.22. The number of thiophene rings is 1. The van der Waals surface area contributed by atoms with Gasteiger partial charge in [-0.3, -0.25) is 0 Å². The lowest BCUT2D eigenvalue weighted by Gasteiger charge is -2.15. The van der Waals surface area contributed by atoms with Crippen LogP contribution in [0.1, 0.15) is 36.6 Å². The molecule has 0 bridgehead atoms. The van der Waals surface area contributed by atoms with Gasteiger partial charge in [-0.2, -0.15) is 0 Å². The fraction of sp³-hybridized carbons (Fsp3) is 0.312. The summed E-state index contributed by atoms with van der Waals surface area (Å²) in [4.78, 5) is 5.78. The molecule has 0 radical (unpaired) electrons. The highest BCUT2D eigenvalue weighted by atomic mass is 32.1. The number of allylic oxidation sites excluding steroid dienone is 2. The van der Waals surface area contributed by atoms with Crippen LogP contribution in [-0.4, -0.2) is 13.0 Å². The van der Waals surface area contributed by atoms with Crippen molar-refractivity contribution in [2.75, 3.05) is 7.11 Å². The Balaban J connectivity index is 2.32. The lowest BCUT2D eigenvalue weighted by molar-refractivity contribution is 0.404. The van der Waals surface area contributed by atoms with Crippen molar-refractivity contribution in [2.24, 2.45) is 4.99 Å². The van der Waals surface area contributed by atoms with E-state index in [1.54, 1.807) is 18.4 Å². The van der Waals surface area contributed by atoms with E-state index in [0.717, 1.165) is 18.0 Å². The molecule has 3 rings (SSSR count). The van der Waals surface area contributed by atoms with Gasteiger partial charge < -0.3 is 4.74 Å². The van der Waals surface area contributed by atoms with Crippen molar-refractivity contribution >= 4 is 27.3 Å². The van der Waals surface area contributed by atoms with Crippen LogP contribution in [0.5, 0.6) is 0 Å². The Labute approximate surface area is 117 Å². The second-order valence-corrected chi connectivity index (χ2v) is 6.00. The summed E-state index contributed by atoms with van der Waals surface area (Å²) in [6.45, 7) is 4.31. The molecule has 19 heavy (non-hydrogen) atoms. The standard InChI is InChI=1S/C16H17NOS/c1-10-8-9-11(2)17-16(18-3)15-14(10)12-6-4-5-7-13(12)19-15/h4-7,9-10H,8H2,1-3H3/b11-9+,17-16?. The smallest absolute Gasteiger partial charge is 0.231 e. The molecule has 2 heterocycles. The number of hydrogen-bond donors (Lipinski definition) is 0. The Hall–Kier alpha value is -1.61.